The van der Waals surface area contributed by atoms with E-state index < -0.39 is 32.7 Å². The Morgan fingerprint density at radius 3 is 2.59 bits per heavy atom. The number of carbonyl (C=O) groups is 1. The zero-order valence-corrected chi connectivity index (χ0v) is 15.6. The zero-order chi connectivity index (χ0) is 19.4. The van der Waals surface area contributed by atoms with Crippen molar-refractivity contribution >= 4 is 32.4 Å². The van der Waals surface area contributed by atoms with Crippen molar-refractivity contribution in [2.24, 2.45) is 0 Å². The summed E-state index contributed by atoms with van der Waals surface area (Å²) in [5, 5.41) is 11.0. The zero-order valence-electron chi connectivity index (χ0n) is 14.0. The van der Waals surface area contributed by atoms with Gasteiger partial charge in [-0.1, -0.05) is 29.5 Å². The van der Waals surface area contributed by atoms with Gasteiger partial charge in [0.05, 0.1) is 6.04 Å². The van der Waals surface area contributed by atoms with E-state index in [1.54, 1.807) is 24.4 Å². The number of halogens is 1. The maximum atomic E-state index is 13.7. The van der Waals surface area contributed by atoms with Crippen molar-refractivity contribution in [2.45, 2.75) is 17.9 Å². The SMILES string of the molecule is C[C@H](NS(=O)(=O)c1ccccc1F)C(=O)Nc1nnc(-c2ccccn2)s1. The van der Waals surface area contributed by atoms with Gasteiger partial charge in [-0.15, -0.1) is 10.2 Å². The van der Waals surface area contributed by atoms with Crippen molar-refractivity contribution in [2.75, 3.05) is 5.32 Å². The lowest BCUT2D eigenvalue weighted by Crippen LogP contribution is -2.41. The summed E-state index contributed by atoms with van der Waals surface area (Å²) >= 11 is 1.09. The van der Waals surface area contributed by atoms with Gasteiger partial charge in [-0.05, 0) is 31.2 Å². The van der Waals surface area contributed by atoms with Crippen LogP contribution in [0.5, 0.6) is 0 Å². The third kappa shape index (κ3) is 4.51. The summed E-state index contributed by atoms with van der Waals surface area (Å²) in [7, 11) is -4.19. The molecule has 2 N–H and O–H groups in total. The highest BCUT2D eigenvalue weighted by molar-refractivity contribution is 7.89. The molecule has 0 saturated carbocycles. The Labute approximate surface area is 158 Å². The van der Waals surface area contributed by atoms with Crippen LogP contribution >= 0.6 is 11.3 Å². The van der Waals surface area contributed by atoms with E-state index in [0.29, 0.717) is 10.7 Å². The van der Waals surface area contributed by atoms with Crippen LogP contribution in [0.15, 0.2) is 53.6 Å². The maximum absolute atomic E-state index is 13.7. The van der Waals surface area contributed by atoms with E-state index in [4.69, 9.17) is 0 Å². The van der Waals surface area contributed by atoms with Crippen molar-refractivity contribution in [1.29, 1.82) is 0 Å². The largest absolute Gasteiger partial charge is 0.299 e. The van der Waals surface area contributed by atoms with Crippen molar-refractivity contribution in [3.05, 3.63) is 54.5 Å². The summed E-state index contributed by atoms with van der Waals surface area (Å²) in [6.07, 6.45) is 1.61. The van der Waals surface area contributed by atoms with Crippen LogP contribution in [0.4, 0.5) is 9.52 Å². The monoisotopic (exact) mass is 407 g/mol. The van der Waals surface area contributed by atoms with Crippen molar-refractivity contribution in [3.8, 4) is 10.7 Å². The molecule has 0 radical (unpaired) electrons. The van der Waals surface area contributed by atoms with Gasteiger partial charge in [-0.2, -0.15) is 4.72 Å². The fraction of sp³-hybridized carbons (Fsp3) is 0.125. The standard InChI is InChI=1S/C16H14FN5O3S2/c1-10(22-27(24,25)13-8-3-2-6-11(13)17)14(23)19-16-21-20-15(26-16)12-7-4-5-9-18-12/h2-10,22H,1H3,(H,19,21,23)/t10-/m0/s1. The minimum Gasteiger partial charge on any atom is -0.299 e. The molecular weight excluding hydrogens is 393 g/mol. The fourth-order valence-electron chi connectivity index (χ4n) is 2.09. The number of nitrogens with one attached hydrogen (secondary N) is 2. The highest BCUT2D eigenvalue weighted by atomic mass is 32.2. The number of benzene rings is 1. The van der Waals surface area contributed by atoms with Crippen LogP contribution in [-0.2, 0) is 14.8 Å². The van der Waals surface area contributed by atoms with Crippen LogP contribution in [0.1, 0.15) is 6.92 Å². The van der Waals surface area contributed by atoms with Crippen molar-refractivity contribution in [1.82, 2.24) is 19.9 Å². The normalized spacial score (nSPS) is 12.5. The molecule has 1 aromatic carbocycles. The molecule has 0 spiro atoms. The molecule has 140 valence electrons. The molecule has 11 heteroatoms. The highest BCUT2D eigenvalue weighted by Crippen LogP contribution is 2.24. The molecule has 0 saturated heterocycles. The van der Waals surface area contributed by atoms with Gasteiger partial charge in [0.15, 0.2) is 5.01 Å². The number of pyridine rings is 1. The number of amides is 1. The average Bonchev–Trinajstić information content (AvgIpc) is 3.11. The molecule has 0 aliphatic carbocycles. The lowest BCUT2D eigenvalue weighted by molar-refractivity contribution is -0.117. The molecule has 0 fully saturated rings. The minimum atomic E-state index is -4.19. The molecule has 0 unspecified atom stereocenters. The summed E-state index contributed by atoms with van der Waals surface area (Å²) in [5.74, 6) is -1.56. The highest BCUT2D eigenvalue weighted by Gasteiger charge is 2.25. The molecule has 3 aromatic rings. The Morgan fingerprint density at radius 2 is 1.89 bits per heavy atom. The Morgan fingerprint density at radius 1 is 1.15 bits per heavy atom. The second-order valence-corrected chi connectivity index (χ2v) is 8.05. The predicted molar refractivity (Wildman–Crippen MR) is 98.0 cm³/mol. The summed E-state index contributed by atoms with van der Waals surface area (Å²) < 4.78 is 40.3. The van der Waals surface area contributed by atoms with Gasteiger partial charge < -0.3 is 0 Å². The first-order valence-corrected chi connectivity index (χ1v) is 9.99. The summed E-state index contributed by atoms with van der Waals surface area (Å²) in [5.41, 5.74) is 0.601. The number of carbonyl (C=O) groups excluding carboxylic acids is 1. The lowest BCUT2D eigenvalue weighted by Gasteiger charge is -2.13. The van der Waals surface area contributed by atoms with Gasteiger partial charge in [0.2, 0.25) is 21.1 Å². The van der Waals surface area contributed by atoms with Gasteiger partial charge in [-0.3, -0.25) is 15.1 Å². The smallest absolute Gasteiger partial charge is 0.244 e. The molecule has 2 aromatic heterocycles. The van der Waals surface area contributed by atoms with Crippen molar-refractivity contribution < 1.29 is 17.6 Å². The molecule has 0 aliphatic heterocycles. The van der Waals surface area contributed by atoms with Gasteiger partial charge >= 0.3 is 0 Å². The maximum Gasteiger partial charge on any atom is 0.244 e. The summed E-state index contributed by atoms with van der Waals surface area (Å²) in [4.78, 5) is 15.8. The van der Waals surface area contributed by atoms with E-state index in [2.05, 4.69) is 25.2 Å². The van der Waals surface area contributed by atoms with E-state index in [9.17, 15) is 17.6 Å². The number of rotatable bonds is 6. The molecule has 0 aliphatic rings. The van der Waals surface area contributed by atoms with E-state index in [1.165, 1.54) is 19.1 Å². The number of anilines is 1. The molecule has 1 amide bonds. The Kier molecular flexibility index (Phi) is 5.54. The van der Waals surface area contributed by atoms with Crippen LogP contribution in [0, 0.1) is 5.82 Å². The quantitative estimate of drug-likeness (QED) is 0.646. The van der Waals surface area contributed by atoms with Crippen LogP contribution in [0.25, 0.3) is 10.7 Å². The minimum absolute atomic E-state index is 0.192. The Balaban J connectivity index is 1.68. The summed E-state index contributed by atoms with van der Waals surface area (Å²) in [6.45, 7) is 1.34. The van der Waals surface area contributed by atoms with Crippen LogP contribution in [0.2, 0.25) is 0 Å². The van der Waals surface area contributed by atoms with Gasteiger partial charge in [-0.25, -0.2) is 12.8 Å². The third-order valence-electron chi connectivity index (χ3n) is 3.39. The van der Waals surface area contributed by atoms with Crippen LogP contribution < -0.4 is 10.0 Å². The molecule has 3 rings (SSSR count). The van der Waals surface area contributed by atoms with E-state index in [-0.39, 0.29) is 5.13 Å². The Bertz CT molecular complexity index is 1060. The first-order valence-electron chi connectivity index (χ1n) is 7.69. The lowest BCUT2D eigenvalue weighted by atomic mass is 10.3. The third-order valence-corrected chi connectivity index (χ3v) is 5.83. The molecule has 2 heterocycles. The number of hydrogen-bond donors (Lipinski definition) is 2. The molecular formula is C16H14FN5O3S2. The van der Waals surface area contributed by atoms with E-state index >= 15 is 0 Å². The van der Waals surface area contributed by atoms with Gasteiger partial charge in [0, 0.05) is 6.20 Å². The first-order chi connectivity index (χ1) is 12.9. The number of aromatic nitrogens is 3. The fourth-order valence-corrected chi connectivity index (χ4v) is 4.10. The van der Waals surface area contributed by atoms with Gasteiger partial charge in [0.25, 0.3) is 0 Å². The van der Waals surface area contributed by atoms with E-state index in [0.717, 1.165) is 23.5 Å². The molecule has 27 heavy (non-hydrogen) atoms. The number of nitrogens with zero attached hydrogens (tertiary/aromatic N) is 3. The number of sulfonamides is 1. The molecule has 0 bridgehead atoms. The van der Waals surface area contributed by atoms with E-state index in [1.807, 2.05) is 0 Å². The summed E-state index contributed by atoms with van der Waals surface area (Å²) in [6, 6.07) is 9.06. The predicted octanol–water partition coefficient (Wildman–Crippen LogP) is 2.04. The second-order valence-electron chi connectivity index (χ2n) is 5.39. The number of hydrogen-bond acceptors (Lipinski definition) is 7. The Hall–Kier alpha value is -2.76. The van der Waals surface area contributed by atoms with Crippen LogP contribution in [0.3, 0.4) is 0 Å². The topological polar surface area (TPSA) is 114 Å². The first kappa shape index (κ1) is 19.0. The van der Waals surface area contributed by atoms with Gasteiger partial charge in [0.1, 0.15) is 16.4 Å². The second kappa shape index (κ2) is 7.86. The molecule has 8 nitrogen and oxygen atoms in total. The average molecular weight is 407 g/mol. The molecule has 1 atom stereocenters. The van der Waals surface area contributed by atoms with Crippen LogP contribution in [-0.4, -0.2) is 35.5 Å². The van der Waals surface area contributed by atoms with Crippen molar-refractivity contribution in [3.63, 3.8) is 0 Å².